The summed E-state index contributed by atoms with van der Waals surface area (Å²) in [6.45, 7) is 0. The molecule has 1 N–H and O–H groups in total. The summed E-state index contributed by atoms with van der Waals surface area (Å²) in [5.74, 6) is -0.417. The fraction of sp³-hybridized carbons (Fsp3) is 0.222. The molecule has 0 saturated heterocycles. The second kappa shape index (κ2) is 7.98. The lowest BCUT2D eigenvalue weighted by molar-refractivity contribution is -0.142. The maximum Gasteiger partial charge on any atom is 0.328 e. The summed E-state index contributed by atoms with van der Waals surface area (Å²) in [7, 11) is 2.80. The molecule has 0 aliphatic carbocycles. The van der Waals surface area contributed by atoms with Crippen LogP contribution in [0.3, 0.4) is 0 Å². The molecule has 2 aromatic carbocycles. The average Bonchev–Trinajstić information content (AvgIpc) is 2.61. The van der Waals surface area contributed by atoms with Crippen LogP contribution in [0.2, 0.25) is 0 Å². The van der Waals surface area contributed by atoms with Crippen LogP contribution in [0.15, 0.2) is 54.6 Å². The van der Waals surface area contributed by atoms with E-state index in [1.807, 2.05) is 30.3 Å². The van der Waals surface area contributed by atoms with Crippen molar-refractivity contribution in [2.24, 2.45) is 0 Å². The fourth-order valence-corrected chi connectivity index (χ4v) is 2.25. The zero-order valence-corrected chi connectivity index (χ0v) is 13.1. The number of carbonyl (C=O) groups is 2. The summed E-state index contributed by atoms with van der Waals surface area (Å²) < 4.78 is 9.97. The van der Waals surface area contributed by atoms with E-state index in [0.717, 1.165) is 5.56 Å². The van der Waals surface area contributed by atoms with Gasteiger partial charge in [-0.25, -0.2) is 4.79 Å². The quantitative estimate of drug-likeness (QED) is 0.831. The van der Waals surface area contributed by atoms with Crippen LogP contribution in [-0.4, -0.2) is 32.1 Å². The Bertz CT molecular complexity index is 670. The maximum atomic E-state index is 12.4. The Labute approximate surface area is 135 Å². The third-order valence-electron chi connectivity index (χ3n) is 3.43. The molecule has 0 bridgehead atoms. The Balaban J connectivity index is 2.17. The first-order valence-electron chi connectivity index (χ1n) is 7.21. The van der Waals surface area contributed by atoms with Crippen LogP contribution in [0, 0.1) is 0 Å². The summed E-state index contributed by atoms with van der Waals surface area (Å²) in [6, 6.07) is 15.5. The molecule has 0 saturated carbocycles. The van der Waals surface area contributed by atoms with Gasteiger partial charge in [-0.15, -0.1) is 0 Å². The van der Waals surface area contributed by atoms with Gasteiger partial charge < -0.3 is 14.8 Å². The lowest BCUT2D eigenvalue weighted by Gasteiger charge is -2.17. The predicted molar refractivity (Wildman–Crippen MR) is 86.4 cm³/mol. The lowest BCUT2D eigenvalue weighted by atomic mass is 10.1. The zero-order valence-electron chi connectivity index (χ0n) is 13.1. The molecule has 0 spiro atoms. The number of amides is 1. The van der Waals surface area contributed by atoms with Gasteiger partial charge in [0.2, 0.25) is 0 Å². The molecule has 2 aromatic rings. The van der Waals surface area contributed by atoms with Crippen molar-refractivity contribution in [2.45, 2.75) is 12.5 Å². The molecule has 0 aliphatic rings. The summed E-state index contributed by atoms with van der Waals surface area (Å²) in [6.07, 6.45) is 0.356. The molecule has 0 radical (unpaired) electrons. The highest BCUT2D eigenvalue weighted by atomic mass is 16.5. The third kappa shape index (κ3) is 4.32. The second-order valence-corrected chi connectivity index (χ2v) is 4.94. The number of nitrogens with one attached hydrogen (secondary N) is 1. The van der Waals surface area contributed by atoms with Crippen LogP contribution < -0.4 is 10.1 Å². The zero-order chi connectivity index (χ0) is 16.7. The molecule has 0 aliphatic heterocycles. The minimum absolute atomic E-state index is 0.356. The highest BCUT2D eigenvalue weighted by Gasteiger charge is 2.23. The molecular weight excluding hydrogens is 294 g/mol. The van der Waals surface area contributed by atoms with Crippen molar-refractivity contribution in [3.63, 3.8) is 0 Å². The number of carbonyl (C=O) groups excluding carboxylic acids is 2. The highest BCUT2D eigenvalue weighted by molar-refractivity contribution is 5.99. The Morgan fingerprint density at radius 3 is 2.30 bits per heavy atom. The van der Waals surface area contributed by atoms with Gasteiger partial charge >= 0.3 is 5.97 Å². The Kier molecular flexibility index (Phi) is 5.74. The molecule has 120 valence electrons. The summed E-state index contributed by atoms with van der Waals surface area (Å²) in [5, 5.41) is 2.71. The van der Waals surface area contributed by atoms with Crippen molar-refractivity contribution in [2.75, 3.05) is 14.2 Å². The van der Waals surface area contributed by atoms with Gasteiger partial charge in [0.15, 0.2) is 0 Å². The first kappa shape index (κ1) is 16.5. The largest absolute Gasteiger partial charge is 0.496 e. The van der Waals surface area contributed by atoms with Gasteiger partial charge in [-0.1, -0.05) is 42.5 Å². The molecule has 23 heavy (non-hydrogen) atoms. The number of hydrogen-bond acceptors (Lipinski definition) is 4. The SMILES string of the molecule is COC(=O)[C@H](Cc1ccccc1)NC(=O)c1ccccc1OC. The van der Waals surface area contributed by atoms with Gasteiger partial charge in [0.05, 0.1) is 19.8 Å². The molecule has 2 rings (SSSR count). The first-order chi connectivity index (χ1) is 11.2. The van der Waals surface area contributed by atoms with E-state index in [2.05, 4.69) is 5.32 Å². The third-order valence-corrected chi connectivity index (χ3v) is 3.43. The van der Waals surface area contributed by atoms with Gasteiger partial charge in [-0.05, 0) is 17.7 Å². The first-order valence-corrected chi connectivity index (χ1v) is 7.21. The fourth-order valence-electron chi connectivity index (χ4n) is 2.25. The van der Waals surface area contributed by atoms with Crippen molar-refractivity contribution >= 4 is 11.9 Å². The van der Waals surface area contributed by atoms with Gasteiger partial charge in [0.25, 0.3) is 5.91 Å². The van der Waals surface area contributed by atoms with E-state index in [0.29, 0.717) is 17.7 Å². The smallest absolute Gasteiger partial charge is 0.328 e. The van der Waals surface area contributed by atoms with Gasteiger partial charge in [-0.3, -0.25) is 4.79 Å². The van der Waals surface area contributed by atoms with Crippen LogP contribution in [0.5, 0.6) is 5.75 Å². The summed E-state index contributed by atoms with van der Waals surface area (Å²) in [5.41, 5.74) is 1.31. The molecule has 5 nitrogen and oxygen atoms in total. The Morgan fingerprint density at radius 1 is 1.00 bits per heavy atom. The van der Waals surface area contributed by atoms with E-state index in [1.165, 1.54) is 14.2 Å². The van der Waals surface area contributed by atoms with Crippen molar-refractivity contribution in [1.82, 2.24) is 5.32 Å². The van der Waals surface area contributed by atoms with Crippen molar-refractivity contribution < 1.29 is 19.1 Å². The molecule has 1 amide bonds. The lowest BCUT2D eigenvalue weighted by Crippen LogP contribution is -2.43. The normalized spacial score (nSPS) is 11.4. The minimum Gasteiger partial charge on any atom is -0.496 e. The van der Waals surface area contributed by atoms with Crippen molar-refractivity contribution in [3.8, 4) is 5.75 Å². The molecule has 1 atom stereocenters. The van der Waals surface area contributed by atoms with Crippen LogP contribution in [0.1, 0.15) is 15.9 Å². The van der Waals surface area contributed by atoms with E-state index in [9.17, 15) is 9.59 Å². The van der Waals surface area contributed by atoms with Gasteiger partial charge in [0.1, 0.15) is 11.8 Å². The monoisotopic (exact) mass is 313 g/mol. The average molecular weight is 313 g/mol. The number of ether oxygens (including phenoxy) is 2. The molecule has 0 aromatic heterocycles. The molecule has 0 heterocycles. The van der Waals surface area contributed by atoms with Crippen LogP contribution in [-0.2, 0) is 16.0 Å². The molecule has 5 heteroatoms. The van der Waals surface area contributed by atoms with Gasteiger partial charge in [0, 0.05) is 6.42 Å². The van der Waals surface area contributed by atoms with Crippen LogP contribution in [0.4, 0.5) is 0 Å². The number of para-hydroxylation sites is 1. The molecule has 0 fully saturated rings. The van der Waals surface area contributed by atoms with E-state index >= 15 is 0 Å². The topological polar surface area (TPSA) is 64.6 Å². The van der Waals surface area contributed by atoms with Crippen LogP contribution in [0.25, 0.3) is 0 Å². The van der Waals surface area contributed by atoms with Gasteiger partial charge in [-0.2, -0.15) is 0 Å². The predicted octanol–water partition coefficient (Wildman–Crippen LogP) is 2.21. The van der Waals surface area contributed by atoms with E-state index in [4.69, 9.17) is 9.47 Å². The number of benzene rings is 2. The van der Waals surface area contributed by atoms with E-state index < -0.39 is 12.0 Å². The maximum absolute atomic E-state index is 12.4. The number of methoxy groups -OCH3 is 2. The summed E-state index contributed by atoms with van der Waals surface area (Å²) in [4.78, 5) is 24.4. The standard InChI is InChI=1S/C18H19NO4/c1-22-16-11-7-6-10-14(16)17(20)19-15(18(21)23-2)12-13-8-4-3-5-9-13/h3-11,15H,12H2,1-2H3,(H,19,20)/t15-/m0/s1. The number of hydrogen-bond donors (Lipinski definition) is 1. The van der Waals surface area contributed by atoms with E-state index in [-0.39, 0.29) is 5.91 Å². The highest BCUT2D eigenvalue weighted by Crippen LogP contribution is 2.17. The molecular formula is C18H19NO4. The molecule has 0 unspecified atom stereocenters. The number of rotatable bonds is 6. The number of esters is 1. The van der Waals surface area contributed by atoms with Crippen molar-refractivity contribution in [1.29, 1.82) is 0 Å². The summed E-state index contributed by atoms with van der Waals surface area (Å²) >= 11 is 0. The second-order valence-electron chi connectivity index (χ2n) is 4.94. The Morgan fingerprint density at radius 2 is 1.65 bits per heavy atom. The minimum atomic E-state index is -0.764. The van der Waals surface area contributed by atoms with Crippen molar-refractivity contribution in [3.05, 3.63) is 65.7 Å². The van der Waals surface area contributed by atoms with E-state index in [1.54, 1.807) is 24.3 Å². The van der Waals surface area contributed by atoms with Crippen LogP contribution >= 0.6 is 0 Å². The Hall–Kier alpha value is -2.82.